The van der Waals surface area contributed by atoms with E-state index in [1.165, 1.54) is 43.8 Å². The summed E-state index contributed by atoms with van der Waals surface area (Å²) < 4.78 is 0. The van der Waals surface area contributed by atoms with Crippen molar-refractivity contribution in [3.63, 3.8) is 0 Å². The van der Waals surface area contributed by atoms with Gasteiger partial charge in [0.15, 0.2) is 0 Å². The van der Waals surface area contributed by atoms with Crippen molar-refractivity contribution in [3.05, 3.63) is 120 Å². The van der Waals surface area contributed by atoms with Crippen LogP contribution in [-0.2, 0) is 13.1 Å². The highest BCUT2D eigenvalue weighted by Gasteiger charge is 2.24. The lowest BCUT2D eigenvalue weighted by molar-refractivity contribution is 0.106. The van der Waals surface area contributed by atoms with E-state index in [-0.39, 0.29) is 0 Å². The minimum Gasteiger partial charge on any atom is -0.387 e. The van der Waals surface area contributed by atoms with Crippen LogP contribution < -0.4 is 0 Å². The highest BCUT2D eigenvalue weighted by molar-refractivity contribution is 6.08. The molecule has 6 rings (SSSR count). The fourth-order valence-corrected chi connectivity index (χ4v) is 5.18. The number of benzene rings is 5. The first-order valence-corrected chi connectivity index (χ1v) is 11.2. The molecule has 32 heavy (non-hydrogen) atoms. The van der Waals surface area contributed by atoms with Crippen molar-refractivity contribution in [2.45, 2.75) is 19.2 Å². The van der Waals surface area contributed by atoms with E-state index in [0.717, 1.165) is 18.7 Å². The number of hydrogen-bond donors (Lipinski definition) is 1. The molecule has 0 aromatic heterocycles. The summed E-state index contributed by atoms with van der Waals surface area (Å²) in [6.45, 7) is 2.22. The summed E-state index contributed by atoms with van der Waals surface area (Å²) in [4.78, 5) is 2.38. The minimum atomic E-state index is -0.512. The molecule has 0 saturated heterocycles. The van der Waals surface area contributed by atoms with Gasteiger partial charge in [-0.05, 0) is 49.4 Å². The molecule has 0 fully saturated rings. The molecule has 2 nitrogen and oxygen atoms in total. The summed E-state index contributed by atoms with van der Waals surface area (Å²) >= 11 is 0. The SMILES string of the molecule is O[C@H](CN1Cc2ccc3ccccc3c2-c2c(ccc3ccccc23)C1)c1ccccc1. The molecule has 1 aliphatic rings. The normalized spacial score (nSPS) is 14.7. The summed E-state index contributed by atoms with van der Waals surface area (Å²) in [6.07, 6.45) is -0.512. The van der Waals surface area contributed by atoms with Crippen LogP contribution in [0.4, 0.5) is 0 Å². The second kappa shape index (κ2) is 7.90. The molecule has 2 heteroatoms. The Balaban J connectivity index is 1.54. The topological polar surface area (TPSA) is 23.5 Å². The zero-order valence-corrected chi connectivity index (χ0v) is 17.9. The van der Waals surface area contributed by atoms with E-state index in [2.05, 4.69) is 77.7 Å². The molecule has 156 valence electrons. The summed E-state index contributed by atoms with van der Waals surface area (Å²) in [6, 6.07) is 36.4. The van der Waals surface area contributed by atoms with E-state index in [4.69, 9.17) is 0 Å². The van der Waals surface area contributed by atoms with Crippen LogP contribution in [0.5, 0.6) is 0 Å². The van der Waals surface area contributed by atoms with E-state index < -0.39 is 6.10 Å². The molecule has 1 N–H and O–H groups in total. The smallest absolute Gasteiger partial charge is 0.0917 e. The largest absolute Gasteiger partial charge is 0.387 e. The van der Waals surface area contributed by atoms with Gasteiger partial charge < -0.3 is 5.11 Å². The first kappa shape index (κ1) is 19.2. The second-order valence-corrected chi connectivity index (χ2v) is 8.74. The molecule has 1 aliphatic heterocycles. The molecule has 0 bridgehead atoms. The van der Waals surface area contributed by atoms with Crippen molar-refractivity contribution in [2.24, 2.45) is 0 Å². The minimum absolute atomic E-state index is 0.512. The number of hydrogen-bond acceptors (Lipinski definition) is 2. The lowest BCUT2D eigenvalue weighted by Gasteiger charge is -2.24. The highest BCUT2D eigenvalue weighted by atomic mass is 16.3. The van der Waals surface area contributed by atoms with Gasteiger partial charge in [0.2, 0.25) is 0 Å². The predicted octanol–water partition coefficient (Wildman–Crippen LogP) is 6.71. The Morgan fingerprint density at radius 2 is 1.09 bits per heavy atom. The molecule has 1 heterocycles. The molecule has 5 aromatic carbocycles. The van der Waals surface area contributed by atoms with Crippen molar-refractivity contribution >= 4 is 21.5 Å². The Hall–Kier alpha value is -3.46. The molecular formula is C30H25NO. The van der Waals surface area contributed by atoms with Gasteiger partial charge >= 0.3 is 0 Å². The van der Waals surface area contributed by atoms with E-state index in [0.29, 0.717) is 6.54 Å². The number of β-amino-alcohol motifs (C(OH)–C–C–N with tert-alkyl or cyclic N) is 1. The predicted molar refractivity (Wildman–Crippen MR) is 132 cm³/mol. The van der Waals surface area contributed by atoms with Crippen molar-refractivity contribution in [1.82, 2.24) is 4.90 Å². The monoisotopic (exact) mass is 415 g/mol. The lowest BCUT2D eigenvalue weighted by Crippen LogP contribution is -2.27. The van der Waals surface area contributed by atoms with Gasteiger partial charge in [-0.1, -0.05) is 103 Å². The number of rotatable bonds is 3. The van der Waals surface area contributed by atoms with E-state index in [9.17, 15) is 5.11 Å². The van der Waals surface area contributed by atoms with Gasteiger partial charge in [-0.3, -0.25) is 4.90 Å². The molecule has 0 unspecified atom stereocenters. The van der Waals surface area contributed by atoms with E-state index in [1.54, 1.807) is 0 Å². The molecular weight excluding hydrogens is 390 g/mol. The van der Waals surface area contributed by atoms with Crippen LogP contribution in [0, 0.1) is 0 Å². The number of nitrogens with zero attached hydrogens (tertiary/aromatic N) is 1. The first-order valence-electron chi connectivity index (χ1n) is 11.2. The van der Waals surface area contributed by atoms with Crippen molar-refractivity contribution < 1.29 is 5.11 Å². The van der Waals surface area contributed by atoms with Gasteiger partial charge in [0.1, 0.15) is 0 Å². The molecule has 0 saturated carbocycles. The van der Waals surface area contributed by atoms with E-state index in [1.807, 2.05) is 30.3 Å². The Kier molecular flexibility index (Phi) is 4.75. The summed E-state index contributed by atoms with van der Waals surface area (Å²) in [5, 5.41) is 16.1. The van der Waals surface area contributed by atoms with Crippen LogP contribution in [0.25, 0.3) is 32.7 Å². The maximum Gasteiger partial charge on any atom is 0.0917 e. The first-order chi connectivity index (χ1) is 15.8. The molecule has 0 radical (unpaired) electrons. The maximum absolute atomic E-state index is 11.0. The van der Waals surface area contributed by atoms with Crippen LogP contribution in [0.3, 0.4) is 0 Å². The van der Waals surface area contributed by atoms with Crippen LogP contribution in [-0.4, -0.2) is 16.6 Å². The third-order valence-corrected chi connectivity index (χ3v) is 6.68. The number of aliphatic hydroxyl groups excluding tert-OH is 1. The average Bonchev–Trinajstić information content (AvgIpc) is 3.01. The standard InChI is InChI=1S/C30H25NO/c32-28(23-10-2-1-3-11-23)20-31-18-24-16-14-21-8-4-6-12-26(21)29(24)30-25(19-31)17-15-22-9-5-7-13-27(22)30/h1-17,28,32H,18-20H2/t28-/m1/s1. The van der Waals surface area contributed by atoms with Crippen molar-refractivity contribution in [1.29, 1.82) is 0 Å². The summed E-state index contributed by atoms with van der Waals surface area (Å²) in [5.74, 6) is 0. The van der Waals surface area contributed by atoms with Crippen LogP contribution in [0.15, 0.2) is 103 Å². The average molecular weight is 416 g/mol. The summed E-state index contributed by atoms with van der Waals surface area (Å²) in [7, 11) is 0. The van der Waals surface area contributed by atoms with Crippen molar-refractivity contribution in [3.8, 4) is 11.1 Å². The maximum atomic E-state index is 11.0. The fourth-order valence-electron chi connectivity index (χ4n) is 5.18. The van der Waals surface area contributed by atoms with Crippen LogP contribution >= 0.6 is 0 Å². The Labute approximate surface area is 188 Å². The Morgan fingerprint density at radius 1 is 0.594 bits per heavy atom. The van der Waals surface area contributed by atoms with Crippen LogP contribution in [0.1, 0.15) is 22.8 Å². The fraction of sp³-hybridized carbons (Fsp3) is 0.133. The Bertz CT molecular complexity index is 1340. The van der Waals surface area contributed by atoms with Gasteiger partial charge in [0, 0.05) is 19.6 Å². The zero-order valence-electron chi connectivity index (χ0n) is 17.9. The zero-order chi connectivity index (χ0) is 21.5. The third kappa shape index (κ3) is 3.29. The van der Waals surface area contributed by atoms with E-state index >= 15 is 0 Å². The molecule has 1 atom stereocenters. The van der Waals surface area contributed by atoms with Gasteiger partial charge in [-0.15, -0.1) is 0 Å². The third-order valence-electron chi connectivity index (χ3n) is 6.68. The molecule has 0 amide bonds. The second-order valence-electron chi connectivity index (χ2n) is 8.74. The highest BCUT2D eigenvalue weighted by Crippen LogP contribution is 2.42. The molecule has 0 aliphatic carbocycles. The number of fused-ring (bicyclic) bond motifs is 7. The molecule has 0 spiro atoms. The van der Waals surface area contributed by atoms with Gasteiger partial charge in [-0.2, -0.15) is 0 Å². The quantitative estimate of drug-likeness (QED) is 0.354. The van der Waals surface area contributed by atoms with Crippen molar-refractivity contribution in [2.75, 3.05) is 6.54 Å². The van der Waals surface area contributed by atoms with Gasteiger partial charge in [0.25, 0.3) is 0 Å². The molecule has 5 aromatic rings. The number of aliphatic hydroxyl groups is 1. The van der Waals surface area contributed by atoms with Gasteiger partial charge in [0.05, 0.1) is 6.10 Å². The summed E-state index contributed by atoms with van der Waals surface area (Å²) in [5.41, 5.74) is 6.28. The van der Waals surface area contributed by atoms with Crippen LogP contribution in [0.2, 0.25) is 0 Å². The Morgan fingerprint density at radius 3 is 1.66 bits per heavy atom. The lowest BCUT2D eigenvalue weighted by atomic mass is 9.88. The van der Waals surface area contributed by atoms with Gasteiger partial charge in [-0.25, -0.2) is 0 Å².